The van der Waals surface area contributed by atoms with Gasteiger partial charge in [0.1, 0.15) is 5.82 Å². The fraction of sp³-hybridized carbons (Fsp3) is 0.214. The fourth-order valence-corrected chi connectivity index (χ4v) is 4.27. The highest BCUT2D eigenvalue weighted by Crippen LogP contribution is 2.25. The first-order valence-corrected chi connectivity index (χ1v) is 12.3. The SMILES string of the molecule is N=C(CCl)CCCC[C@H](NC(=O)c1ccc(-c2ccccc2)cc1C(=O)O)c1nc2ccccc2[nH]1. The molecular weight excluding hydrogens is 476 g/mol. The van der Waals surface area contributed by atoms with E-state index in [1.54, 1.807) is 12.1 Å². The van der Waals surface area contributed by atoms with Crippen LogP contribution in [0.4, 0.5) is 0 Å². The number of alkyl halides is 1. The summed E-state index contributed by atoms with van der Waals surface area (Å²) >= 11 is 5.72. The highest BCUT2D eigenvalue weighted by atomic mass is 35.5. The highest BCUT2D eigenvalue weighted by Gasteiger charge is 2.23. The van der Waals surface area contributed by atoms with Crippen LogP contribution >= 0.6 is 11.6 Å². The van der Waals surface area contributed by atoms with E-state index in [4.69, 9.17) is 17.0 Å². The number of aromatic nitrogens is 2. The van der Waals surface area contributed by atoms with Crippen LogP contribution in [0.1, 0.15) is 58.3 Å². The number of imidazole rings is 1. The van der Waals surface area contributed by atoms with Crippen molar-refractivity contribution in [3.8, 4) is 11.1 Å². The molecule has 0 bridgehead atoms. The molecule has 36 heavy (non-hydrogen) atoms. The second-order valence-corrected chi connectivity index (χ2v) is 8.85. The maximum Gasteiger partial charge on any atom is 0.336 e. The minimum Gasteiger partial charge on any atom is -0.478 e. The number of carboxylic acids is 1. The van der Waals surface area contributed by atoms with Crippen molar-refractivity contribution in [3.05, 3.63) is 89.7 Å². The number of carbonyl (C=O) groups is 2. The number of fused-ring (bicyclic) bond motifs is 1. The molecule has 7 nitrogen and oxygen atoms in total. The van der Waals surface area contributed by atoms with Gasteiger partial charge < -0.3 is 20.8 Å². The van der Waals surface area contributed by atoms with Gasteiger partial charge in [-0.2, -0.15) is 0 Å². The van der Waals surface area contributed by atoms with Crippen LogP contribution in [0.15, 0.2) is 72.8 Å². The Labute approximate surface area is 214 Å². The van der Waals surface area contributed by atoms with E-state index in [0.29, 0.717) is 24.4 Å². The average Bonchev–Trinajstić information content (AvgIpc) is 3.34. The number of aromatic carboxylic acids is 1. The molecule has 0 aliphatic rings. The van der Waals surface area contributed by atoms with Crippen LogP contribution in [0, 0.1) is 5.41 Å². The van der Waals surface area contributed by atoms with Gasteiger partial charge in [-0.25, -0.2) is 9.78 Å². The number of halogens is 1. The number of amides is 1. The Bertz CT molecular complexity index is 1350. The molecule has 1 amide bonds. The smallest absolute Gasteiger partial charge is 0.336 e. The number of rotatable bonds is 11. The number of nitrogens with zero attached hydrogens (tertiary/aromatic N) is 1. The number of carbonyl (C=O) groups excluding carboxylic acids is 1. The summed E-state index contributed by atoms with van der Waals surface area (Å²) in [7, 11) is 0. The molecule has 3 aromatic carbocycles. The van der Waals surface area contributed by atoms with E-state index in [1.807, 2.05) is 54.6 Å². The molecule has 0 aliphatic heterocycles. The Morgan fingerprint density at radius 1 is 0.972 bits per heavy atom. The van der Waals surface area contributed by atoms with E-state index in [2.05, 4.69) is 15.3 Å². The summed E-state index contributed by atoms with van der Waals surface area (Å²) in [5, 5.41) is 20.6. The highest BCUT2D eigenvalue weighted by molar-refractivity contribution is 6.28. The molecule has 4 N–H and O–H groups in total. The number of hydrogen-bond donors (Lipinski definition) is 4. The number of unbranched alkanes of at least 4 members (excludes halogenated alkanes) is 1. The topological polar surface area (TPSA) is 119 Å². The van der Waals surface area contributed by atoms with Gasteiger partial charge in [0.05, 0.1) is 34.1 Å². The first kappa shape index (κ1) is 25.1. The van der Waals surface area contributed by atoms with E-state index in [0.717, 1.165) is 35.0 Å². The molecule has 4 rings (SSSR count). The van der Waals surface area contributed by atoms with Crippen molar-refractivity contribution in [2.24, 2.45) is 0 Å². The maximum absolute atomic E-state index is 13.3. The zero-order valence-corrected chi connectivity index (χ0v) is 20.4. The van der Waals surface area contributed by atoms with Crippen molar-refractivity contribution < 1.29 is 14.7 Å². The lowest BCUT2D eigenvalue weighted by Gasteiger charge is -2.18. The number of para-hydroxylation sites is 2. The van der Waals surface area contributed by atoms with E-state index in [9.17, 15) is 14.7 Å². The monoisotopic (exact) mass is 502 g/mol. The minimum atomic E-state index is -1.17. The normalized spacial score (nSPS) is 11.8. The van der Waals surface area contributed by atoms with Gasteiger partial charge in [0.25, 0.3) is 5.91 Å². The molecule has 1 aromatic heterocycles. The first-order valence-electron chi connectivity index (χ1n) is 11.8. The van der Waals surface area contributed by atoms with E-state index in [-0.39, 0.29) is 17.0 Å². The van der Waals surface area contributed by atoms with Crippen LogP contribution in [-0.4, -0.2) is 38.5 Å². The third-order valence-corrected chi connectivity index (χ3v) is 6.35. The standard InChI is InChI=1S/C28H27ClN4O3/c29-17-20(30)10-4-5-13-25(26-31-23-11-6-7-12-24(23)32-26)33-27(34)21-15-14-19(16-22(21)28(35)36)18-8-2-1-3-9-18/h1-3,6-9,11-12,14-16,25,30H,4-5,10,13,17H2,(H,31,32)(H,33,34)(H,35,36)/t25-/m0/s1. The Hall–Kier alpha value is -3.97. The van der Waals surface area contributed by atoms with Crippen LogP contribution in [0.5, 0.6) is 0 Å². The van der Waals surface area contributed by atoms with Crippen LogP contribution in [0.2, 0.25) is 0 Å². The second kappa shape index (κ2) is 11.6. The lowest BCUT2D eigenvalue weighted by atomic mass is 9.98. The Balaban J connectivity index is 1.59. The lowest BCUT2D eigenvalue weighted by Crippen LogP contribution is -2.30. The van der Waals surface area contributed by atoms with Gasteiger partial charge in [-0.3, -0.25) is 4.79 Å². The quantitative estimate of drug-likeness (QED) is 0.110. The van der Waals surface area contributed by atoms with Gasteiger partial charge in [-0.05, 0) is 54.7 Å². The Morgan fingerprint density at radius 2 is 1.72 bits per heavy atom. The third-order valence-electron chi connectivity index (χ3n) is 6.03. The largest absolute Gasteiger partial charge is 0.478 e. The molecule has 0 aliphatic carbocycles. The summed E-state index contributed by atoms with van der Waals surface area (Å²) in [6.45, 7) is 0. The molecule has 4 aromatic rings. The Morgan fingerprint density at radius 3 is 2.44 bits per heavy atom. The predicted molar refractivity (Wildman–Crippen MR) is 142 cm³/mol. The molecular formula is C28H27ClN4O3. The number of hydrogen-bond acceptors (Lipinski definition) is 4. The third kappa shape index (κ3) is 5.98. The van der Waals surface area contributed by atoms with Gasteiger partial charge in [0.15, 0.2) is 0 Å². The van der Waals surface area contributed by atoms with Crippen molar-refractivity contribution >= 4 is 40.2 Å². The number of H-pyrrole nitrogens is 1. The molecule has 0 saturated heterocycles. The molecule has 1 atom stereocenters. The summed E-state index contributed by atoms with van der Waals surface area (Å²) < 4.78 is 0. The van der Waals surface area contributed by atoms with Crippen LogP contribution < -0.4 is 5.32 Å². The summed E-state index contributed by atoms with van der Waals surface area (Å²) in [4.78, 5) is 33.3. The van der Waals surface area contributed by atoms with Crippen LogP contribution in [0.3, 0.4) is 0 Å². The van der Waals surface area contributed by atoms with E-state index < -0.39 is 17.9 Å². The van der Waals surface area contributed by atoms with Crippen molar-refractivity contribution in [2.45, 2.75) is 31.7 Å². The van der Waals surface area contributed by atoms with Crippen molar-refractivity contribution in [1.29, 1.82) is 5.41 Å². The summed E-state index contributed by atoms with van der Waals surface area (Å²) in [5.41, 5.74) is 3.74. The number of benzene rings is 3. The predicted octanol–water partition coefficient (Wildman–Crippen LogP) is 6.22. The maximum atomic E-state index is 13.3. The molecule has 0 radical (unpaired) electrons. The average molecular weight is 503 g/mol. The molecule has 0 spiro atoms. The number of nitrogens with one attached hydrogen (secondary N) is 3. The van der Waals surface area contributed by atoms with Crippen molar-refractivity contribution in [1.82, 2.24) is 15.3 Å². The van der Waals surface area contributed by atoms with Crippen LogP contribution in [-0.2, 0) is 0 Å². The van der Waals surface area contributed by atoms with Crippen molar-refractivity contribution in [3.63, 3.8) is 0 Å². The first-order chi connectivity index (χ1) is 17.5. The van der Waals surface area contributed by atoms with Crippen molar-refractivity contribution in [2.75, 3.05) is 5.88 Å². The Kier molecular flexibility index (Phi) is 8.13. The summed E-state index contributed by atoms with van der Waals surface area (Å²) in [6, 6.07) is 21.4. The lowest BCUT2D eigenvalue weighted by molar-refractivity contribution is 0.0690. The minimum absolute atomic E-state index is 0.0623. The van der Waals surface area contributed by atoms with E-state index >= 15 is 0 Å². The van der Waals surface area contributed by atoms with Gasteiger partial charge in [-0.15, -0.1) is 11.6 Å². The fourth-order valence-electron chi connectivity index (χ4n) is 4.13. The number of carboxylic acid groups (broad SMARTS) is 1. The van der Waals surface area contributed by atoms with Gasteiger partial charge in [0, 0.05) is 5.71 Å². The molecule has 0 saturated carbocycles. The summed E-state index contributed by atoms with van der Waals surface area (Å²) in [6.07, 6.45) is 2.66. The van der Waals surface area contributed by atoms with Gasteiger partial charge >= 0.3 is 5.97 Å². The van der Waals surface area contributed by atoms with Gasteiger partial charge in [-0.1, -0.05) is 55.0 Å². The second-order valence-electron chi connectivity index (χ2n) is 8.58. The molecule has 8 heteroatoms. The zero-order valence-electron chi connectivity index (χ0n) is 19.6. The number of aromatic amines is 1. The molecule has 184 valence electrons. The van der Waals surface area contributed by atoms with Gasteiger partial charge in [0.2, 0.25) is 0 Å². The molecule has 1 heterocycles. The van der Waals surface area contributed by atoms with E-state index in [1.165, 1.54) is 6.07 Å². The van der Waals surface area contributed by atoms with Crippen LogP contribution in [0.25, 0.3) is 22.2 Å². The molecule has 0 unspecified atom stereocenters. The summed E-state index contributed by atoms with van der Waals surface area (Å²) in [5.74, 6) is -0.834. The molecule has 0 fully saturated rings. The zero-order chi connectivity index (χ0) is 25.5.